The van der Waals surface area contributed by atoms with E-state index < -0.39 is 12.6 Å². The van der Waals surface area contributed by atoms with Crippen molar-refractivity contribution in [3.05, 3.63) is 11.7 Å². The van der Waals surface area contributed by atoms with E-state index in [9.17, 15) is 13.2 Å². The molecule has 1 heterocycles. The maximum Gasteiger partial charge on any atom is 0.389 e. The monoisotopic (exact) mass is 291 g/mol. The van der Waals surface area contributed by atoms with Crippen LogP contribution in [0.3, 0.4) is 0 Å². The molecule has 1 aliphatic carbocycles. The van der Waals surface area contributed by atoms with Gasteiger partial charge in [0, 0.05) is 12.5 Å². The molecule has 0 spiro atoms. The summed E-state index contributed by atoms with van der Waals surface area (Å²) in [6.07, 6.45) is -1.19. The fraction of sp³-hybridized carbons (Fsp3) is 0.846. The van der Waals surface area contributed by atoms with Gasteiger partial charge in [0.2, 0.25) is 5.89 Å². The molecule has 114 valence electrons. The summed E-state index contributed by atoms with van der Waals surface area (Å²) in [5.74, 6) is 0.764. The van der Waals surface area contributed by atoms with Gasteiger partial charge in [-0.15, -0.1) is 0 Å². The summed E-state index contributed by atoms with van der Waals surface area (Å²) in [4.78, 5) is 4.14. The van der Waals surface area contributed by atoms with Gasteiger partial charge < -0.3 is 9.84 Å². The van der Waals surface area contributed by atoms with Gasteiger partial charge in [0.25, 0.3) is 0 Å². The zero-order valence-corrected chi connectivity index (χ0v) is 11.5. The first kappa shape index (κ1) is 15.3. The third-order valence-electron chi connectivity index (χ3n) is 3.61. The van der Waals surface area contributed by atoms with Crippen LogP contribution in [0.5, 0.6) is 0 Å². The van der Waals surface area contributed by atoms with Crippen LogP contribution in [0.25, 0.3) is 0 Å². The summed E-state index contributed by atoms with van der Waals surface area (Å²) >= 11 is 0. The predicted octanol–water partition coefficient (Wildman–Crippen LogP) is 3.20. The van der Waals surface area contributed by atoms with Gasteiger partial charge in [0.05, 0.1) is 12.3 Å². The summed E-state index contributed by atoms with van der Waals surface area (Å²) in [7, 11) is 0. The number of halogens is 3. The van der Waals surface area contributed by atoms with Gasteiger partial charge in [0.1, 0.15) is 0 Å². The van der Waals surface area contributed by atoms with Crippen molar-refractivity contribution in [2.75, 3.05) is 6.54 Å². The Morgan fingerprint density at radius 2 is 2.15 bits per heavy atom. The minimum atomic E-state index is -4.18. The Morgan fingerprint density at radius 1 is 1.35 bits per heavy atom. The van der Waals surface area contributed by atoms with Gasteiger partial charge in [-0.05, 0) is 25.8 Å². The molecule has 1 aliphatic rings. The normalized spacial score (nSPS) is 23.4. The van der Waals surface area contributed by atoms with Crippen LogP contribution in [-0.4, -0.2) is 28.9 Å². The highest BCUT2D eigenvalue weighted by atomic mass is 19.4. The van der Waals surface area contributed by atoms with E-state index in [0.717, 1.165) is 32.2 Å². The molecular formula is C13H20F3N3O. The Bertz CT molecular complexity index is 419. The second kappa shape index (κ2) is 6.56. The zero-order valence-electron chi connectivity index (χ0n) is 11.5. The second-order valence-corrected chi connectivity index (χ2v) is 5.26. The molecule has 1 saturated carbocycles. The average Bonchev–Trinajstić information content (AvgIpc) is 3.01. The van der Waals surface area contributed by atoms with E-state index in [4.69, 9.17) is 4.52 Å². The molecule has 0 aliphatic heterocycles. The van der Waals surface area contributed by atoms with E-state index >= 15 is 0 Å². The molecule has 0 radical (unpaired) electrons. The lowest BCUT2D eigenvalue weighted by Crippen LogP contribution is -2.31. The predicted molar refractivity (Wildman–Crippen MR) is 67.3 cm³/mol. The van der Waals surface area contributed by atoms with Gasteiger partial charge in [-0.2, -0.15) is 18.2 Å². The standard InChI is InChI=1S/C13H20F3N3O/c1-2-8-17-10-5-3-4-9(10)12-18-11(19-20-12)6-7-13(14,15)16/h9-10,17H,2-8H2,1H3. The van der Waals surface area contributed by atoms with Crippen LogP contribution in [0.15, 0.2) is 4.52 Å². The molecule has 20 heavy (non-hydrogen) atoms. The van der Waals surface area contributed by atoms with Crippen molar-refractivity contribution in [2.45, 2.75) is 63.6 Å². The molecule has 1 aromatic heterocycles. The highest BCUT2D eigenvalue weighted by molar-refractivity contribution is 5.03. The lowest BCUT2D eigenvalue weighted by Gasteiger charge is -2.17. The van der Waals surface area contributed by atoms with E-state index in [1.54, 1.807) is 0 Å². The largest absolute Gasteiger partial charge is 0.389 e. The number of hydrogen-bond donors (Lipinski definition) is 1. The van der Waals surface area contributed by atoms with Crippen molar-refractivity contribution in [1.29, 1.82) is 0 Å². The van der Waals surface area contributed by atoms with E-state index in [-0.39, 0.29) is 18.2 Å². The van der Waals surface area contributed by atoms with Crippen LogP contribution >= 0.6 is 0 Å². The summed E-state index contributed by atoms with van der Waals surface area (Å²) in [6.45, 7) is 3.02. The number of nitrogens with one attached hydrogen (secondary N) is 1. The number of aryl methyl sites for hydroxylation is 1. The molecule has 1 fully saturated rings. The average molecular weight is 291 g/mol. The molecule has 0 saturated heterocycles. The molecule has 4 nitrogen and oxygen atoms in total. The van der Waals surface area contributed by atoms with Crippen molar-refractivity contribution in [3.63, 3.8) is 0 Å². The molecule has 0 aromatic carbocycles. The van der Waals surface area contributed by atoms with Crippen molar-refractivity contribution < 1.29 is 17.7 Å². The number of nitrogens with zero attached hydrogens (tertiary/aromatic N) is 2. The van der Waals surface area contributed by atoms with Crippen molar-refractivity contribution in [1.82, 2.24) is 15.5 Å². The number of alkyl halides is 3. The first-order valence-corrected chi connectivity index (χ1v) is 7.12. The SMILES string of the molecule is CCCNC1CCCC1c1nc(CCC(F)(F)F)no1. The zero-order chi connectivity index (χ0) is 14.6. The lowest BCUT2D eigenvalue weighted by molar-refractivity contribution is -0.134. The maximum atomic E-state index is 12.2. The Labute approximate surface area is 116 Å². The van der Waals surface area contributed by atoms with Gasteiger partial charge in [-0.25, -0.2) is 0 Å². The number of rotatable bonds is 6. The first-order valence-electron chi connectivity index (χ1n) is 7.12. The van der Waals surface area contributed by atoms with Crippen LogP contribution in [0.1, 0.15) is 56.7 Å². The Hall–Kier alpha value is -1.11. The Kier molecular flexibility index (Phi) is 5.01. The molecule has 1 aromatic rings. The Morgan fingerprint density at radius 3 is 2.85 bits per heavy atom. The molecule has 7 heteroatoms. The van der Waals surface area contributed by atoms with E-state index in [1.165, 1.54) is 0 Å². The molecule has 2 unspecified atom stereocenters. The third kappa shape index (κ3) is 4.19. The summed E-state index contributed by atoms with van der Waals surface area (Å²) in [5.41, 5.74) is 0. The van der Waals surface area contributed by atoms with E-state index in [0.29, 0.717) is 11.9 Å². The van der Waals surface area contributed by atoms with Gasteiger partial charge in [-0.1, -0.05) is 18.5 Å². The lowest BCUT2D eigenvalue weighted by atomic mass is 10.0. The highest BCUT2D eigenvalue weighted by Crippen LogP contribution is 2.34. The minimum Gasteiger partial charge on any atom is -0.339 e. The Balaban J connectivity index is 1.93. The quantitative estimate of drug-likeness (QED) is 0.874. The summed E-state index contributed by atoms with van der Waals surface area (Å²) in [6, 6.07) is 0.297. The molecule has 0 bridgehead atoms. The summed E-state index contributed by atoms with van der Waals surface area (Å²) < 4.78 is 41.6. The number of aromatic nitrogens is 2. The van der Waals surface area contributed by atoms with Crippen molar-refractivity contribution in [2.24, 2.45) is 0 Å². The van der Waals surface area contributed by atoms with Gasteiger partial charge >= 0.3 is 6.18 Å². The van der Waals surface area contributed by atoms with Crippen molar-refractivity contribution >= 4 is 0 Å². The summed E-state index contributed by atoms with van der Waals surface area (Å²) in [5, 5.41) is 7.10. The molecular weight excluding hydrogens is 271 g/mol. The fourth-order valence-electron chi connectivity index (χ4n) is 2.60. The van der Waals surface area contributed by atoms with Gasteiger partial charge in [-0.3, -0.25) is 0 Å². The second-order valence-electron chi connectivity index (χ2n) is 5.26. The fourth-order valence-corrected chi connectivity index (χ4v) is 2.60. The smallest absolute Gasteiger partial charge is 0.339 e. The van der Waals surface area contributed by atoms with Crippen molar-refractivity contribution in [3.8, 4) is 0 Å². The molecule has 1 N–H and O–H groups in total. The van der Waals surface area contributed by atoms with Crippen LogP contribution in [-0.2, 0) is 6.42 Å². The third-order valence-corrected chi connectivity index (χ3v) is 3.61. The minimum absolute atomic E-state index is 0.133. The van der Waals surface area contributed by atoms with Crippen LogP contribution in [0.2, 0.25) is 0 Å². The topological polar surface area (TPSA) is 51.0 Å². The number of hydrogen-bond acceptors (Lipinski definition) is 4. The molecule has 2 atom stereocenters. The van der Waals surface area contributed by atoms with Crippen LogP contribution in [0, 0.1) is 0 Å². The highest BCUT2D eigenvalue weighted by Gasteiger charge is 2.33. The molecule has 2 rings (SSSR count). The first-order chi connectivity index (χ1) is 9.49. The van der Waals surface area contributed by atoms with E-state index in [1.807, 2.05) is 0 Å². The molecule has 0 amide bonds. The van der Waals surface area contributed by atoms with Gasteiger partial charge in [0.15, 0.2) is 5.82 Å². The van der Waals surface area contributed by atoms with Crippen LogP contribution in [0.4, 0.5) is 13.2 Å². The maximum absolute atomic E-state index is 12.2. The van der Waals surface area contributed by atoms with E-state index in [2.05, 4.69) is 22.4 Å². The van der Waals surface area contributed by atoms with Crippen LogP contribution < -0.4 is 5.32 Å².